The van der Waals surface area contributed by atoms with Crippen LogP contribution in [0, 0.1) is 0 Å². The molecule has 20 valence electrons. The van der Waals surface area contributed by atoms with Crippen molar-refractivity contribution >= 4 is 6.22 Å². The van der Waals surface area contributed by atoms with Crippen molar-refractivity contribution in [2.75, 3.05) is 0 Å². The molecule has 0 N–H and O–H groups in total. The van der Waals surface area contributed by atoms with Crippen LogP contribution >= 0.6 is 0 Å². The second-order valence-corrected chi connectivity index (χ2v) is 6.24. The van der Waals surface area contributed by atoms with Gasteiger partial charge in [0, 0.05) is 0 Å². The Morgan fingerprint density at radius 1 is 2.00 bits per heavy atom. The predicted molar refractivity (Wildman–Crippen MR) is 17.6 cm³/mol. The minimum absolute atomic E-state index is 0.921. The topological polar surface area (TPSA) is 0 Å². The molecule has 0 heterocycles. The summed E-state index contributed by atoms with van der Waals surface area (Å²) in [5, 5.41) is 0. The van der Waals surface area contributed by atoms with Crippen molar-refractivity contribution in [2.24, 2.45) is 0 Å². The summed E-state index contributed by atoms with van der Waals surface area (Å²) in [6.07, 6.45) is 0.921. The summed E-state index contributed by atoms with van der Waals surface area (Å²) >= 11 is 1.47. The molecule has 0 bridgehead atoms. The van der Waals surface area contributed by atoms with E-state index in [1.807, 2.05) is 0 Å². The number of hydrogen-bond acceptors (Lipinski definition) is 0. The third-order valence-electron chi connectivity index (χ3n) is 0.204. The average Bonchev–Trinajstić information content (AvgIpc) is 1.37. The molecule has 0 nitrogen and oxygen atoms in total. The SMILES string of the molecule is CC[SiH]=[Hf+2]. The molecule has 0 fully saturated rings. The van der Waals surface area contributed by atoms with Crippen molar-refractivity contribution in [2.45, 2.75) is 13.0 Å². The first-order valence-electron chi connectivity index (χ1n) is 1.40. The van der Waals surface area contributed by atoms with Gasteiger partial charge in [-0.05, 0) is 0 Å². The summed E-state index contributed by atoms with van der Waals surface area (Å²) in [4.78, 5) is 0. The van der Waals surface area contributed by atoms with E-state index >= 15 is 0 Å². The first-order chi connectivity index (χ1) is 1.91. The van der Waals surface area contributed by atoms with Crippen LogP contribution in [0.15, 0.2) is 0 Å². The summed E-state index contributed by atoms with van der Waals surface area (Å²) in [6, 6.07) is 1.46. The maximum atomic E-state index is 2.25. The van der Waals surface area contributed by atoms with Gasteiger partial charge in [0.1, 0.15) is 0 Å². The van der Waals surface area contributed by atoms with Gasteiger partial charge in [-0.1, -0.05) is 0 Å². The van der Waals surface area contributed by atoms with Crippen molar-refractivity contribution in [1.29, 1.82) is 0 Å². The summed E-state index contributed by atoms with van der Waals surface area (Å²) in [5.41, 5.74) is 0. The van der Waals surface area contributed by atoms with E-state index in [9.17, 15) is 0 Å². The monoisotopic (exact) mass is 238 g/mol. The van der Waals surface area contributed by atoms with Crippen LogP contribution in [-0.4, -0.2) is 6.22 Å². The van der Waals surface area contributed by atoms with Gasteiger partial charge in [0.25, 0.3) is 0 Å². The van der Waals surface area contributed by atoms with Gasteiger partial charge in [-0.15, -0.1) is 0 Å². The first-order valence-corrected chi connectivity index (χ1v) is 9.02. The normalized spacial score (nSPS) is 6.75. The van der Waals surface area contributed by atoms with E-state index in [-0.39, 0.29) is 0 Å². The summed E-state index contributed by atoms with van der Waals surface area (Å²) in [5.74, 6) is 0. The molecule has 0 radical (unpaired) electrons. The Kier molecular flexibility index (Phi) is 5.20. The van der Waals surface area contributed by atoms with Gasteiger partial charge in [0.15, 0.2) is 0 Å². The average molecular weight is 237 g/mol. The van der Waals surface area contributed by atoms with E-state index < -0.39 is 0 Å². The molecule has 0 saturated heterocycles. The second kappa shape index (κ2) is 4.09. The van der Waals surface area contributed by atoms with E-state index in [2.05, 4.69) is 6.92 Å². The summed E-state index contributed by atoms with van der Waals surface area (Å²) in [6.45, 7) is 2.25. The number of hydrogen-bond donors (Lipinski definition) is 0. The van der Waals surface area contributed by atoms with E-state index in [1.165, 1.54) is 29.0 Å². The molecule has 0 aromatic heterocycles. The molecule has 0 saturated carbocycles. The Morgan fingerprint density at radius 2 is 2.25 bits per heavy atom. The third-order valence-corrected chi connectivity index (χ3v) is 5.01. The van der Waals surface area contributed by atoms with Gasteiger partial charge in [-0.3, -0.25) is 0 Å². The molecule has 4 heavy (non-hydrogen) atoms. The van der Waals surface area contributed by atoms with Crippen molar-refractivity contribution in [3.05, 3.63) is 0 Å². The maximum absolute atomic E-state index is 2.25. The van der Waals surface area contributed by atoms with Crippen molar-refractivity contribution in [1.82, 2.24) is 0 Å². The summed E-state index contributed by atoms with van der Waals surface area (Å²) in [7, 11) is 0. The van der Waals surface area contributed by atoms with E-state index in [0.717, 1.165) is 6.22 Å². The quantitative estimate of drug-likeness (QED) is 0.576. The fraction of sp³-hybridized carbons (Fsp3) is 1.00. The fourth-order valence-corrected chi connectivity index (χ4v) is 0. The van der Waals surface area contributed by atoms with Gasteiger partial charge in [-0.2, -0.15) is 0 Å². The molecule has 0 aliphatic carbocycles. The zero-order valence-corrected chi connectivity index (χ0v) is 7.53. The Bertz CT molecular complexity index is 20.0. The molecule has 0 atom stereocenters. The van der Waals surface area contributed by atoms with E-state index in [0.29, 0.717) is 0 Å². The Hall–Kier alpha value is 1.09. The molecular formula is C2H6HfSi+2. The van der Waals surface area contributed by atoms with Gasteiger partial charge < -0.3 is 0 Å². The zero-order valence-electron chi connectivity index (χ0n) is 2.78. The molecule has 2 heteroatoms. The molecular weight excluding hydrogens is 231 g/mol. The minimum atomic E-state index is 0.921. The van der Waals surface area contributed by atoms with Gasteiger partial charge >= 0.3 is 42.2 Å². The van der Waals surface area contributed by atoms with Crippen molar-refractivity contribution in [3.8, 4) is 0 Å². The molecule has 0 amide bonds. The van der Waals surface area contributed by atoms with Crippen LogP contribution in [0.2, 0.25) is 6.04 Å². The van der Waals surface area contributed by atoms with E-state index in [1.54, 1.807) is 0 Å². The molecule has 0 aliphatic rings. The van der Waals surface area contributed by atoms with Crippen LogP contribution in [0.25, 0.3) is 0 Å². The summed E-state index contributed by atoms with van der Waals surface area (Å²) < 4.78 is 0. The molecule has 0 aromatic carbocycles. The van der Waals surface area contributed by atoms with Crippen LogP contribution in [0.5, 0.6) is 0 Å². The number of rotatable bonds is 1. The Labute approximate surface area is 42.3 Å². The first kappa shape index (κ1) is 5.09. The molecule has 0 aromatic rings. The second-order valence-electron chi connectivity index (χ2n) is 0.612. The van der Waals surface area contributed by atoms with Crippen LogP contribution in [0.1, 0.15) is 6.92 Å². The van der Waals surface area contributed by atoms with Crippen LogP contribution in [-0.2, 0) is 23.0 Å². The molecule has 0 rings (SSSR count). The van der Waals surface area contributed by atoms with E-state index in [4.69, 9.17) is 0 Å². The third kappa shape index (κ3) is 3.09. The van der Waals surface area contributed by atoms with Crippen LogP contribution < -0.4 is 0 Å². The Balaban J connectivity index is 2.30. The molecule has 0 unspecified atom stereocenters. The van der Waals surface area contributed by atoms with Crippen LogP contribution in [0.4, 0.5) is 0 Å². The predicted octanol–water partition coefficient (Wildman–Crippen LogP) is 0.323. The Morgan fingerprint density at radius 3 is 2.25 bits per heavy atom. The molecule has 0 aliphatic heterocycles. The van der Waals surface area contributed by atoms with Crippen LogP contribution in [0.3, 0.4) is 0 Å². The standard InChI is InChI=1S/C2H6Si.Hf/c1-2-3;/h3H,2H2,1H3;/q;+2. The van der Waals surface area contributed by atoms with Gasteiger partial charge in [0.05, 0.1) is 0 Å². The fourth-order valence-electron chi connectivity index (χ4n) is 0. The van der Waals surface area contributed by atoms with Crippen molar-refractivity contribution < 1.29 is 23.0 Å². The zero-order chi connectivity index (χ0) is 3.41. The van der Waals surface area contributed by atoms with Gasteiger partial charge in [-0.25, -0.2) is 0 Å². The molecule has 0 spiro atoms. The van der Waals surface area contributed by atoms with Gasteiger partial charge in [0.2, 0.25) is 0 Å². The van der Waals surface area contributed by atoms with Crippen molar-refractivity contribution in [3.63, 3.8) is 0 Å².